The van der Waals surface area contributed by atoms with Crippen molar-refractivity contribution >= 4 is 29.1 Å². The van der Waals surface area contributed by atoms with Crippen molar-refractivity contribution in [3.05, 3.63) is 61.8 Å². The first-order valence-corrected chi connectivity index (χ1v) is 8.25. The average Bonchev–Trinajstić information content (AvgIpc) is 3.06. The molecule has 0 bridgehead atoms. The summed E-state index contributed by atoms with van der Waals surface area (Å²) in [4.78, 5) is 30.6. The number of rotatable bonds is 5. The fraction of sp³-hybridized carbons (Fsp3) is 0.250. The summed E-state index contributed by atoms with van der Waals surface area (Å²) >= 11 is 1.71. The van der Waals surface area contributed by atoms with Gasteiger partial charge in [0.15, 0.2) is 6.61 Å². The number of amides is 1. The van der Waals surface area contributed by atoms with Crippen LogP contribution in [0.5, 0.6) is 0 Å². The number of carbonyl (C=O) groups is 1. The summed E-state index contributed by atoms with van der Waals surface area (Å²) in [6.07, 6.45) is 2.11. The number of carbonyl (C=O) groups excluding carboxylic acids is 1. The third kappa shape index (κ3) is 3.60. The Balaban J connectivity index is 1.53. The second-order valence-electron chi connectivity index (χ2n) is 5.26. The third-order valence-electron chi connectivity index (χ3n) is 3.75. The molecule has 1 aliphatic rings. The predicted molar refractivity (Wildman–Crippen MR) is 90.1 cm³/mol. The molecule has 0 fully saturated rings. The minimum atomic E-state index is -0.487. The number of thiophene rings is 1. The molecule has 24 heavy (non-hydrogen) atoms. The lowest BCUT2D eigenvalue weighted by Crippen LogP contribution is -2.37. The first kappa shape index (κ1) is 16.1. The fourth-order valence-corrected chi connectivity index (χ4v) is 3.39. The van der Waals surface area contributed by atoms with Crippen molar-refractivity contribution in [3.63, 3.8) is 0 Å². The van der Waals surface area contributed by atoms with Crippen molar-refractivity contribution < 1.29 is 14.6 Å². The molecule has 0 atom stereocenters. The normalized spacial score (nSPS) is 13.8. The monoisotopic (exact) mass is 345 g/mol. The molecule has 3 rings (SSSR count). The third-order valence-corrected chi connectivity index (χ3v) is 4.77. The van der Waals surface area contributed by atoms with Gasteiger partial charge in [-0.25, -0.2) is 0 Å². The SMILES string of the molecule is O=C(CO/N=C\c1ccccc1[N+](=O)[O-])N1CCc2sccc2C1. The lowest BCUT2D eigenvalue weighted by Gasteiger charge is -2.26. The van der Waals surface area contributed by atoms with Crippen molar-refractivity contribution in [3.8, 4) is 0 Å². The van der Waals surface area contributed by atoms with E-state index in [1.54, 1.807) is 34.4 Å². The van der Waals surface area contributed by atoms with Crippen LogP contribution in [0.4, 0.5) is 5.69 Å². The van der Waals surface area contributed by atoms with Gasteiger partial charge in [-0.05, 0) is 29.5 Å². The molecule has 0 saturated heterocycles. The highest BCUT2D eigenvalue weighted by molar-refractivity contribution is 7.10. The van der Waals surface area contributed by atoms with Gasteiger partial charge in [0.05, 0.1) is 16.7 Å². The molecule has 0 aliphatic carbocycles. The van der Waals surface area contributed by atoms with Crippen LogP contribution in [0.15, 0.2) is 40.9 Å². The first-order valence-electron chi connectivity index (χ1n) is 7.37. The van der Waals surface area contributed by atoms with E-state index in [0.717, 1.165) is 6.42 Å². The van der Waals surface area contributed by atoms with E-state index in [1.807, 2.05) is 11.4 Å². The largest absolute Gasteiger partial charge is 0.386 e. The van der Waals surface area contributed by atoms with Gasteiger partial charge in [0.25, 0.3) is 11.6 Å². The van der Waals surface area contributed by atoms with Crippen molar-refractivity contribution in [1.29, 1.82) is 0 Å². The Morgan fingerprint density at radius 3 is 3.08 bits per heavy atom. The van der Waals surface area contributed by atoms with E-state index in [4.69, 9.17) is 4.84 Å². The van der Waals surface area contributed by atoms with Gasteiger partial charge in [-0.2, -0.15) is 0 Å². The highest BCUT2D eigenvalue weighted by Gasteiger charge is 2.21. The van der Waals surface area contributed by atoms with Gasteiger partial charge in [0.1, 0.15) is 0 Å². The van der Waals surface area contributed by atoms with Crippen molar-refractivity contribution in [2.24, 2.45) is 5.16 Å². The molecule has 0 N–H and O–H groups in total. The summed E-state index contributed by atoms with van der Waals surface area (Å²) in [5.41, 5.74) is 1.45. The lowest BCUT2D eigenvalue weighted by atomic mass is 10.1. The zero-order chi connectivity index (χ0) is 16.9. The number of hydrogen-bond donors (Lipinski definition) is 0. The second kappa shape index (κ2) is 7.22. The van der Waals surface area contributed by atoms with Gasteiger partial charge in [-0.1, -0.05) is 17.3 Å². The number of nitro benzene ring substituents is 1. The maximum Gasteiger partial charge on any atom is 0.278 e. The molecule has 2 aromatic rings. The predicted octanol–water partition coefficient (Wildman–Crippen LogP) is 2.59. The number of oxime groups is 1. The molecular formula is C16H15N3O4S. The van der Waals surface area contributed by atoms with E-state index in [-0.39, 0.29) is 18.2 Å². The summed E-state index contributed by atoms with van der Waals surface area (Å²) in [5, 5.41) is 16.6. The van der Waals surface area contributed by atoms with Crippen LogP contribution in [0.1, 0.15) is 16.0 Å². The number of hydrogen-bond acceptors (Lipinski definition) is 6. The molecule has 0 saturated carbocycles. The number of nitrogens with zero attached hydrogens (tertiary/aromatic N) is 3. The molecule has 124 valence electrons. The van der Waals surface area contributed by atoms with Gasteiger partial charge in [-0.3, -0.25) is 14.9 Å². The maximum absolute atomic E-state index is 12.1. The van der Waals surface area contributed by atoms with E-state index in [0.29, 0.717) is 18.7 Å². The van der Waals surface area contributed by atoms with Gasteiger partial charge in [0, 0.05) is 24.0 Å². The highest BCUT2D eigenvalue weighted by Crippen LogP contribution is 2.24. The molecule has 8 heteroatoms. The Hall–Kier alpha value is -2.74. The number of fused-ring (bicyclic) bond motifs is 1. The van der Waals surface area contributed by atoms with Gasteiger partial charge < -0.3 is 9.74 Å². The lowest BCUT2D eigenvalue weighted by molar-refractivity contribution is -0.385. The molecule has 1 aromatic heterocycles. The Bertz CT molecular complexity index is 787. The Kier molecular flexibility index (Phi) is 4.85. The smallest absolute Gasteiger partial charge is 0.278 e. The maximum atomic E-state index is 12.1. The molecule has 0 unspecified atom stereocenters. The molecule has 1 aromatic carbocycles. The zero-order valence-electron chi connectivity index (χ0n) is 12.8. The summed E-state index contributed by atoms with van der Waals surface area (Å²) in [5.74, 6) is -0.147. The number of nitro groups is 1. The topological polar surface area (TPSA) is 85.0 Å². The molecule has 0 spiro atoms. The first-order chi connectivity index (χ1) is 11.6. The van der Waals surface area contributed by atoms with Crippen molar-refractivity contribution in [2.45, 2.75) is 13.0 Å². The quantitative estimate of drug-likeness (QED) is 0.473. The molecule has 0 radical (unpaired) electrons. The summed E-state index contributed by atoms with van der Waals surface area (Å²) < 4.78 is 0. The fourth-order valence-electron chi connectivity index (χ4n) is 2.50. The minimum absolute atomic E-state index is 0.0582. The summed E-state index contributed by atoms with van der Waals surface area (Å²) in [6.45, 7) is 1.08. The van der Waals surface area contributed by atoms with Crippen LogP contribution in [-0.4, -0.2) is 35.1 Å². The van der Waals surface area contributed by atoms with E-state index in [2.05, 4.69) is 5.16 Å². The van der Waals surface area contributed by atoms with E-state index < -0.39 is 4.92 Å². The van der Waals surface area contributed by atoms with Gasteiger partial charge >= 0.3 is 0 Å². The van der Waals surface area contributed by atoms with E-state index >= 15 is 0 Å². The summed E-state index contributed by atoms with van der Waals surface area (Å²) in [6, 6.07) is 8.24. The summed E-state index contributed by atoms with van der Waals surface area (Å²) in [7, 11) is 0. The molecule has 1 aliphatic heterocycles. The van der Waals surface area contributed by atoms with Crippen LogP contribution in [-0.2, 0) is 22.6 Å². The van der Waals surface area contributed by atoms with E-state index in [1.165, 1.54) is 22.7 Å². The average molecular weight is 345 g/mol. The molecule has 7 nitrogen and oxygen atoms in total. The number of para-hydroxylation sites is 1. The molecule has 1 amide bonds. The van der Waals surface area contributed by atoms with Crippen LogP contribution in [0, 0.1) is 10.1 Å². The van der Waals surface area contributed by atoms with Gasteiger partial charge in [0.2, 0.25) is 0 Å². The van der Waals surface area contributed by atoms with Crippen molar-refractivity contribution in [2.75, 3.05) is 13.2 Å². The highest BCUT2D eigenvalue weighted by atomic mass is 32.1. The van der Waals surface area contributed by atoms with Crippen LogP contribution < -0.4 is 0 Å². The standard InChI is InChI=1S/C16H15N3O4S/c20-16(18-7-5-15-13(10-18)6-8-24-15)11-23-17-9-12-3-1-2-4-14(12)19(21)22/h1-4,6,8-9H,5,7,10-11H2/b17-9-. The van der Waals surface area contributed by atoms with Crippen LogP contribution in [0.3, 0.4) is 0 Å². The minimum Gasteiger partial charge on any atom is -0.386 e. The second-order valence-corrected chi connectivity index (χ2v) is 6.26. The Morgan fingerprint density at radius 2 is 2.25 bits per heavy atom. The van der Waals surface area contributed by atoms with E-state index in [9.17, 15) is 14.9 Å². The van der Waals surface area contributed by atoms with Crippen LogP contribution in [0.25, 0.3) is 0 Å². The van der Waals surface area contributed by atoms with Crippen LogP contribution in [0.2, 0.25) is 0 Å². The molecule has 2 heterocycles. The number of benzene rings is 1. The zero-order valence-corrected chi connectivity index (χ0v) is 13.6. The van der Waals surface area contributed by atoms with Crippen molar-refractivity contribution in [1.82, 2.24) is 4.90 Å². The molecular weight excluding hydrogens is 330 g/mol. The Labute approximate surface area is 142 Å². The van der Waals surface area contributed by atoms with Gasteiger partial charge in [-0.15, -0.1) is 11.3 Å². The van der Waals surface area contributed by atoms with Crippen LogP contribution >= 0.6 is 11.3 Å². The Morgan fingerprint density at radius 1 is 1.42 bits per heavy atom.